The molecule has 0 saturated heterocycles. The smallest absolute Gasteiger partial charge is 0.322 e. The monoisotopic (exact) mass is 283 g/mol. The van der Waals surface area contributed by atoms with Crippen molar-refractivity contribution in [3.05, 3.63) is 11.5 Å². The van der Waals surface area contributed by atoms with E-state index in [4.69, 9.17) is 9.26 Å². The summed E-state index contributed by atoms with van der Waals surface area (Å²) in [6.45, 7) is 10.9. The average Bonchev–Trinajstić information content (AvgIpc) is 2.67. The number of aromatic nitrogens is 1. The van der Waals surface area contributed by atoms with Crippen molar-refractivity contribution in [1.29, 1.82) is 0 Å². The molecule has 1 N–H and O–H groups in total. The second-order valence-corrected chi connectivity index (χ2v) is 5.51. The highest BCUT2D eigenvalue weighted by atomic mass is 16.5. The molecule has 2 amide bonds. The molecule has 0 aromatic carbocycles. The zero-order valence-electron chi connectivity index (χ0n) is 13.2. The third-order valence-electron chi connectivity index (χ3n) is 2.82. The standard InChI is InChI=1S/C14H25N3O3/c1-9(2)7-19-8-10(3)15-14(18)17(6)13-11(4)16-20-12(13)5/h9-10H,7-8H2,1-6H3,(H,15,18)/t10-/m1/s1. The predicted molar refractivity (Wildman–Crippen MR) is 78.0 cm³/mol. The largest absolute Gasteiger partial charge is 0.379 e. The van der Waals surface area contributed by atoms with Gasteiger partial charge in [0.2, 0.25) is 0 Å². The van der Waals surface area contributed by atoms with Gasteiger partial charge >= 0.3 is 6.03 Å². The Labute approximate surface area is 120 Å². The van der Waals surface area contributed by atoms with Crippen molar-refractivity contribution >= 4 is 11.7 Å². The summed E-state index contributed by atoms with van der Waals surface area (Å²) in [6, 6.07) is -0.246. The zero-order chi connectivity index (χ0) is 15.3. The van der Waals surface area contributed by atoms with Crippen molar-refractivity contribution < 1.29 is 14.1 Å². The third-order valence-corrected chi connectivity index (χ3v) is 2.82. The molecule has 1 rings (SSSR count). The van der Waals surface area contributed by atoms with Gasteiger partial charge in [-0.15, -0.1) is 0 Å². The Bertz CT molecular complexity index is 423. The number of amides is 2. The summed E-state index contributed by atoms with van der Waals surface area (Å²) in [5, 5.41) is 6.74. The van der Waals surface area contributed by atoms with Crippen LogP contribution in [0.5, 0.6) is 0 Å². The number of urea groups is 1. The summed E-state index contributed by atoms with van der Waals surface area (Å²) in [5.74, 6) is 1.12. The molecular weight excluding hydrogens is 258 g/mol. The van der Waals surface area contributed by atoms with E-state index in [9.17, 15) is 4.79 Å². The van der Waals surface area contributed by atoms with Crippen LogP contribution in [0.25, 0.3) is 0 Å². The summed E-state index contributed by atoms with van der Waals surface area (Å²) < 4.78 is 10.6. The molecule has 0 aliphatic rings. The molecule has 0 aliphatic carbocycles. The molecule has 0 saturated carbocycles. The number of ether oxygens (including phenoxy) is 1. The Balaban J connectivity index is 2.50. The van der Waals surface area contributed by atoms with Gasteiger partial charge in [-0.25, -0.2) is 4.79 Å². The van der Waals surface area contributed by atoms with Crippen LogP contribution in [-0.2, 0) is 4.74 Å². The van der Waals surface area contributed by atoms with Gasteiger partial charge in [0.15, 0.2) is 5.76 Å². The molecule has 0 fully saturated rings. The predicted octanol–water partition coefficient (Wildman–Crippen LogP) is 2.50. The average molecular weight is 283 g/mol. The highest BCUT2D eigenvalue weighted by molar-refractivity contribution is 5.92. The van der Waals surface area contributed by atoms with E-state index < -0.39 is 0 Å². The summed E-state index contributed by atoms with van der Waals surface area (Å²) in [7, 11) is 1.70. The Morgan fingerprint density at radius 3 is 2.50 bits per heavy atom. The van der Waals surface area contributed by atoms with Gasteiger partial charge in [-0.2, -0.15) is 0 Å². The van der Waals surface area contributed by atoms with Gasteiger partial charge in [-0.05, 0) is 26.7 Å². The number of carbonyl (C=O) groups excluding carboxylic acids is 1. The maximum absolute atomic E-state index is 12.1. The van der Waals surface area contributed by atoms with Crippen molar-refractivity contribution in [3.63, 3.8) is 0 Å². The summed E-state index contributed by atoms with van der Waals surface area (Å²) in [5.41, 5.74) is 1.40. The van der Waals surface area contributed by atoms with Gasteiger partial charge in [0, 0.05) is 13.7 Å². The highest BCUT2D eigenvalue weighted by Gasteiger charge is 2.20. The van der Waals surface area contributed by atoms with Crippen LogP contribution in [0.4, 0.5) is 10.5 Å². The molecule has 6 nitrogen and oxygen atoms in total. The Morgan fingerprint density at radius 1 is 1.35 bits per heavy atom. The van der Waals surface area contributed by atoms with Gasteiger partial charge < -0.3 is 14.6 Å². The van der Waals surface area contributed by atoms with Crippen molar-refractivity contribution in [1.82, 2.24) is 10.5 Å². The van der Waals surface area contributed by atoms with Gasteiger partial charge in [-0.1, -0.05) is 19.0 Å². The molecule has 1 aromatic heterocycles. The van der Waals surface area contributed by atoms with Gasteiger partial charge in [0.1, 0.15) is 11.4 Å². The van der Waals surface area contributed by atoms with Crippen molar-refractivity contribution in [2.24, 2.45) is 5.92 Å². The van der Waals surface area contributed by atoms with E-state index in [1.54, 1.807) is 14.0 Å². The van der Waals surface area contributed by atoms with Crippen molar-refractivity contribution in [2.45, 2.75) is 40.7 Å². The number of hydrogen-bond acceptors (Lipinski definition) is 4. The van der Waals surface area contributed by atoms with E-state index in [-0.39, 0.29) is 12.1 Å². The van der Waals surface area contributed by atoms with E-state index in [2.05, 4.69) is 24.3 Å². The molecule has 20 heavy (non-hydrogen) atoms. The molecule has 0 bridgehead atoms. The first kappa shape index (κ1) is 16.5. The third kappa shape index (κ3) is 4.52. The number of aryl methyl sites for hydroxylation is 2. The number of hydrogen-bond donors (Lipinski definition) is 1. The van der Waals surface area contributed by atoms with Gasteiger partial charge in [0.25, 0.3) is 0 Å². The van der Waals surface area contributed by atoms with Gasteiger partial charge in [0.05, 0.1) is 12.6 Å². The molecule has 0 spiro atoms. The molecular formula is C14H25N3O3. The van der Waals surface area contributed by atoms with Crippen LogP contribution >= 0.6 is 0 Å². The number of nitrogens with one attached hydrogen (secondary N) is 1. The fourth-order valence-corrected chi connectivity index (χ4v) is 1.89. The minimum Gasteiger partial charge on any atom is -0.379 e. The topological polar surface area (TPSA) is 67.6 Å². The van der Waals surface area contributed by atoms with E-state index in [1.807, 2.05) is 13.8 Å². The normalized spacial score (nSPS) is 12.6. The van der Waals surface area contributed by atoms with E-state index >= 15 is 0 Å². The molecule has 6 heteroatoms. The highest BCUT2D eigenvalue weighted by Crippen LogP contribution is 2.22. The molecule has 1 heterocycles. The lowest BCUT2D eigenvalue weighted by molar-refractivity contribution is 0.0957. The van der Waals surface area contributed by atoms with E-state index in [0.29, 0.717) is 36.3 Å². The van der Waals surface area contributed by atoms with E-state index in [0.717, 1.165) is 0 Å². The fraction of sp³-hybridized carbons (Fsp3) is 0.714. The molecule has 114 valence electrons. The van der Waals surface area contributed by atoms with Crippen LogP contribution < -0.4 is 10.2 Å². The second-order valence-electron chi connectivity index (χ2n) is 5.51. The number of anilines is 1. The van der Waals surface area contributed by atoms with Crippen LogP contribution in [0.2, 0.25) is 0 Å². The van der Waals surface area contributed by atoms with Crippen molar-refractivity contribution in [3.8, 4) is 0 Å². The lowest BCUT2D eigenvalue weighted by atomic mass is 10.2. The fourth-order valence-electron chi connectivity index (χ4n) is 1.89. The van der Waals surface area contributed by atoms with Gasteiger partial charge in [-0.3, -0.25) is 4.90 Å². The zero-order valence-corrected chi connectivity index (χ0v) is 13.2. The molecule has 0 radical (unpaired) electrons. The van der Waals surface area contributed by atoms with Crippen LogP contribution in [0, 0.1) is 19.8 Å². The first-order chi connectivity index (χ1) is 9.32. The van der Waals surface area contributed by atoms with Crippen LogP contribution in [0.1, 0.15) is 32.2 Å². The first-order valence-corrected chi connectivity index (χ1v) is 6.87. The van der Waals surface area contributed by atoms with Crippen LogP contribution in [-0.4, -0.2) is 37.5 Å². The minimum absolute atomic E-state index is 0.0517. The SMILES string of the molecule is Cc1noc(C)c1N(C)C(=O)N[C@H](C)COCC(C)C. The lowest BCUT2D eigenvalue weighted by Crippen LogP contribution is -2.44. The molecule has 1 atom stereocenters. The molecule has 0 unspecified atom stereocenters. The second kappa shape index (κ2) is 7.28. The van der Waals surface area contributed by atoms with E-state index in [1.165, 1.54) is 4.90 Å². The number of carbonyl (C=O) groups is 1. The summed E-state index contributed by atoms with van der Waals surface area (Å²) in [6.07, 6.45) is 0. The maximum atomic E-state index is 12.1. The van der Waals surface area contributed by atoms with Crippen molar-refractivity contribution in [2.75, 3.05) is 25.2 Å². The minimum atomic E-state index is -0.194. The molecule has 0 aliphatic heterocycles. The molecule has 1 aromatic rings. The first-order valence-electron chi connectivity index (χ1n) is 6.87. The Morgan fingerprint density at radius 2 is 2.00 bits per heavy atom. The van der Waals surface area contributed by atoms with Crippen LogP contribution in [0.3, 0.4) is 0 Å². The lowest BCUT2D eigenvalue weighted by Gasteiger charge is -2.21. The van der Waals surface area contributed by atoms with Crippen LogP contribution in [0.15, 0.2) is 4.52 Å². The summed E-state index contributed by atoms with van der Waals surface area (Å²) in [4.78, 5) is 13.7. The Kier molecular flexibility index (Phi) is 6.01. The quantitative estimate of drug-likeness (QED) is 0.871. The maximum Gasteiger partial charge on any atom is 0.322 e. The summed E-state index contributed by atoms with van der Waals surface area (Å²) >= 11 is 0. The number of rotatable bonds is 6. The Hall–Kier alpha value is -1.56. The number of nitrogens with zero attached hydrogens (tertiary/aromatic N) is 2.